The molecule has 0 bridgehead atoms. The van der Waals surface area contributed by atoms with E-state index in [0.717, 1.165) is 36.2 Å². The standard InChI is InChI=1S/C13H15ClN4/c1-15-9-6-7-18(8-9)12-10-4-2-3-5-11(10)16-13(14)17-12/h2-5,9,15H,6-8H2,1H3/t9-/m0/s1. The summed E-state index contributed by atoms with van der Waals surface area (Å²) in [5, 5.41) is 4.69. The van der Waals surface area contributed by atoms with Gasteiger partial charge in [-0.15, -0.1) is 0 Å². The van der Waals surface area contributed by atoms with Crippen molar-refractivity contribution in [2.24, 2.45) is 0 Å². The smallest absolute Gasteiger partial charge is 0.224 e. The number of fused-ring (bicyclic) bond motifs is 1. The molecule has 0 unspecified atom stereocenters. The zero-order valence-electron chi connectivity index (χ0n) is 10.2. The molecule has 0 aliphatic carbocycles. The second kappa shape index (κ2) is 4.71. The first kappa shape index (κ1) is 11.7. The highest BCUT2D eigenvalue weighted by molar-refractivity contribution is 6.28. The Hall–Kier alpha value is -1.39. The van der Waals surface area contributed by atoms with E-state index in [4.69, 9.17) is 11.6 Å². The predicted molar refractivity (Wildman–Crippen MR) is 74.2 cm³/mol. The van der Waals surface area contributed by atoms with Crippen LogP contribution in [0.15, 0.2) is 24.3 Å². The molecule has 1 aromatic heterocycles. The largest absolute Gasteiger partial charge is 0.354 e. The Labute approximate surface area is 111 Å². The first-order valence-corrected chi connectivity index (χ1v) is 6.50. The molecule has 5 heteroatoms. The Kier molecular flexibility index (Phi) is 3.06. The highest BCUT2D eigenvalue weighted by Gasteiger charge is 2.23. The Bertz CT molecular complexity index is 572. The first-order chi connectivity index (χ1) is 8.78. The lowest BCUT2D eigenvalue weighted by Gasteiger charge is -2.19. The van der Waals surface area contributed by atoms with Gasteiger partial charge in [0.1, 0.15) is 5.82 Å². The summed E-state index contributed by atoms with van der Waals surface area (Å²) in [6, 6.07) is 8.52. The third-order valence-corrected chi connectivity index (χ3v) is 3.62. The third kappa shape index (κ3) is 2.02. The van der Waals surface area contributed by atoms with Crippen molar-refractivity contribution in [2.75, 3.05) is 25.0 Å². The van der Waals surface area contributed by atoms with Crippen molar-refractivity contribution < 1.29 is 0 Å². The second-order valence-electron chi connectivity index (χ2n) is 4.55. The van der Waals surface area contributed by atoms with E-state index >= 15 is 0 Å². The van der Waals surface area contributed by atoms with Gasteiger partial charge in [-0.25, -0.2) is 4.98 Å². The fourth-order valence-electron chi connectivity index (χ4n) is 2.46. The van der Waals surface area contributed by atoms with E-state index in [2.05, 4.69) is 20.2 Å². The number of halogens is 1. The van der Waals surface area contributed by atoms with Crippen LogP contribution in [0.4, 0.5) is 5.82 Å². The zero-order valence-corrected chi connectivity index (χ0v) is 11.0. The molecule has 0 amide bonds. The van der Waals surface area contributed by atoms with Crippen molar-refractivity contribution in [3.05, 3.63) is 29.5 Å². The maximum absolute atomic E-state index is 6.01. The molecule has 1 aliphatic rings. The monoisotopic (exact) mass is 262 g/mol. The topological polar surface area (TPSA) is 41.0 Å². The lowest BCUT2D eigenvalue weighted by Crippen LogP contribution is -2.30. The van der Waals surface area contributed by atoms with Crippen molar-refractivity contribution in [1.82, 2.24) is 15.3 Å². The van der Waals surface area contributed by atoms with E-state index in [1.54, 1.807) is 0 Å². The fourth-order valence-corrected chi connectivity index (χ4v) is 2.63. The first-order valence-electron chi connectivity index (χ1n) is 6.12. The molecular formula is C13H15ClN4. The third-order valence-electron chi connectivity index (χ3n) is 3.45. The average molecular weight is 263 g/mol. The molecule has 1 aromatic carbocycles. The van der Waals surface area contributed by atoms with Crippen LogP contribution < -0.4 is 10.2 Å². The van der Waals surface area contributed by atoms with Gasteiger partial charge >= 0.3 is 0 Å². The van der Waals surface area contributed by atoms with Crippen LogP contribution in [0.2, 0.25) is 5.28 Å². The van der Waals surface area contributed by atoms with Gasteiger partial charge in [-0.1, -0.05) is 12.1 Å². The van der Waals surface area contributed by atoms with Gasteiger partial charge in [0.25, 0.3) is 0 Å². The molecule has 3 rings (SSSR count). The summed E-state index contributed by atoms with van der Waals surface area (Å²) in [6.45, 7) is 1.97. The highest BCUT2D eigenvalue weighted by Crippen LogP contribution is 2.27. The number of aromatic nitrogens is 2. The van der Waals surface area contributed by atoms with Crippen molar-refractivity contribution in [2.45, 2.75) is 12.5 Å². The molecule has 0 saturated carbocycles. The Morgan fingerprint density at radius 2 is 2.17 bits per heavy atom. The summed E-state index contributed by atoms with van der Waals surface area (Å²) in [5.41, 5.74) is 0.903. The van der Waals surface area contributed by atoms with Crippen LogP contribution in [0.1, 0.15) is 6.42 Å². The Morgan fingerprint density at radius 1 is 1.33 bits per heavy atom. The minimum absolute atomic E-state index is 0.316. The molecule has 1 atom stereocenters. The quantitative estimate of drug-likeness (QED) is 0.842. The summed E-state index contributed by atoms with van der Waals surface area (Å²) < 4.78 is 0. The van der Waals surface area contributed by atoms with E-state index in [9.17, 15) is 0 Å². The van der Waals surface area contributed by atoms with Gasteiger partial charge in [0.15, 0.2) is 0 Å². The number of rotatable bonds is 2. The van der Waals surface area contributed by atoms with Crippen LogP contribution in [-0.2, 0) is 0 Å². The summed E-state index contributed by atoms with van der Waals surface area (Å²) in [5.74, 6) is 0.948. The second-order valence-corrected chi connectivity index (χ2v) is 4.89. The highest BCUT2D eigenvalue weighted by atomic mass is 35.5. The zero-order chi connectivity index (χ0) is 12.5. The predicted octanol–water partition coefficient (Wildman–Crippen LogP) is 2.08. The van der Waals surface area contributed by atoms with E-state index < -0.39 is 0 Å². The SMILES string of the molecule is CN[C@H]1CCN(c2nc(Cl)nc3ccccc23)C1. The van der Waals surface area contributed by atoms with Gasteiger partial charge in [-0.3, -0.25) is 0 Å². The van der Waals surface area contributed by atoms with Crippen LogP contribution in [0.3, 0.4) is 0 Å². The molecule has 1 fully saturated rings. The molecule has 94 valence electrons. The van der Waals surface area contributed by atoms with Crippen LogP contribution in [-0.4, -0.2) is 36.1 Å². The maximum atomic E-state index is 6.01. The Morgan fingerprint density at radius 3 is 2.94 bits per heavy atom. The lowest BCUT2D eigenvalue weighted by molar-refractivity contribution is 0.616. The number of likely N-dealkylation sites (N-methyl/N-ethyl adjacent to an activating group) is 1. The molecule has 1 aliphatic heterocycles. The summed E-state index contributed by atoms with van der Waals surface area (Å²) in [4.78, 5) is 10.9. The molecule has 1 N–H and O–H groups in total. The van der Waals surface area contributed by atoms with Crippen molar-refractivity contribution >= 4 is 28.3 Å². The molecule has 4 nitrogen and oxygen atoms in total. The van der Waals surface area contributed by atoms with Crippen LogP contribution in [0, 0.1) is 0 Å². The Balaban J connectivity index is 2.06. The number of nitrogens with one attached hydrogen (secondary N) is 1. The van der Waals surface area contributed by atoms with Crippen LogP contribution >= 0.6 is 11.6 Å². The van der Waals surface area contributed by atoms with Crippen molar-refractivity contribution in [1.29, 1.82) is 0 Å². The van der Waals surface area contributed by atoms with Gasteiger partial charge in [0.05, 0.1) is 5.52 Å². The molecule has 2 aromatic rings. The maximum Gasteiger partial charge on any atom is 0.224 e. The summed E-state index contributed by atoms with van der Waals surface area (Å²) >= 11 is 6.01. The van der Waals surface area contributed by atoms with E-state index in [-0.39, 0.29) is 0 Å². The number of hydrogen-bond acceptors (Lipinski definition) is 4. The van der Waals surface area contributed by atoms with Gasteiger partial charge in [0.2, 0.25) is 5.28 Å². The number of anilines is 1. The number of para-hydroxylation sites is 1. The van der Waals surface area contributed by atoms with E-state index in [1.165, 1.54) is 0 Å². The number of nitrogens with zero attached hydrogens (tertiary/aromatic N) is 3. The fraction of sp³-hybridized carbons (Fsp3) is 0.385. The van der Waals surface area contributed by atoms with Crippen molar-refractivity contribution in [3.8, 4) is 0 Å². The normalized spacial score (nSPS) is 19.7. The van der Waals surface area contributed by atoms with Gasteiger partial charge in [0, 0.05) is 24.5 Å². The number of hydrogen-bond donors (Lipinski definition) is 1. The molecular weight excluding hydrogens is 248 g/mol. The summed E-state index contributed by atoms with van der Waals surface area (Å²) in [6.07, 6.45) is 1.13. The molecule has 0 spiro atoms. The minimum Gasteiger partial charge on any atom is -0.354 e. The van der Waals surface area contributed by atoms with E-state index in [1.807, 2.05) is 31.3 Å². The van der Waals surface area contributed by atoms with Gasteiger partial charge < -0.3 is 10.2 Å². The molecule has 18 heavy (non-hydrogen) atoms. The van der Waals surface area contributed by atoms with Gasteiger partial charge in [-0.2, -0.15) is 4.98 Å². The molecule has 0 radical (unpaired) electrons. The van der Waals surface area contributed by atoms with Crippen molar-refractivity contribution in [3.63, 3.8) is 0 Å². The number of benzene rings is 1. The van der Waals surface area contributed by atoms with Crippen LogP contribution in [0.5, 0.6) is 0 Å². The molecule has 2 heterocycles. The minimum atomic E-state index is 0.316. The summed E-state index contributed by atoms with van der Waals surface area (Å²) in [7, 11) is 2.00. The average Bonchev–Trinajstić information content (AvgIpc) is 2.86. The lowest BCUT2D eigenvalue weighted by atomic mass is 10.2. The van der Waals surface area contributed by atoms with E-state index in [0.29, 0.717) is 11.3 Å². The van der Waals surface area contributed by atoms with Gasteiger partial charge in [-0.05, 0) is 37.2 Å². The molecule has 1 saturated heterocycles. The van der Waals surface area contributed by atoms with Crippen LogP contribution in [0.25, 0.3) is 10.9 Å².